The number of nitrogens with zero attached hydrogens (tertiary/aromatic N) is 1. The minimum Gasteiger partial charge on any atom is -0.292 e. The topological polar surface area (TPSA) is 3.24 Å². The highest BCUT2D eigenvalue weighted by molar-refractivity contribution is 5.46. The monoisotopic (exact) mass is 375 g/mol. The van der Waals surface area contributed by atoms with Gasteiger partial charge in [-0.1, -0.05) is 82.1 Å². The van der Waals surface area contributed by atoms with Gasteiger partial charge in [-0.3, -0.25) is 4.90 Å². The quantitative estimate of drug-likeness (QED) is 0.563. The number of hydrogen-bond acceptors (Lipinski definition) is 1. The molecule has 1 heteroatoms. The van der Waals surface area contributed by atoms with Crippen LogP contribution in [0, 0.1) is 6.92 Å². The van der Waals surface area contributed by atoms with Crippen molar-refractivity contribution < 1.29 is 0 Å². The van der Waals surface area contributed by atoms with Gasteiger partial charge < -0.3 is 0 Å². The SMILES string of the molecule is Cc1ccc(C(c2ccc3c(c2)C(C)(C)CCC3(C)C)N2CCCCC2)cc1. The molecule has 28 heavy (non-hydrogen) atoms. The summed E-state index contributed by atoms with van der Waals surface area (Å²) in [5, 5.41) is 0. The van der Waals surface area contributed by atoms with E-state index in [1.165, 1.54) is 61.9 Å². The molecule has 1 fully saturated rings. The molecule has 0 bridgehead atoms. The lowest BCUT2D eigenvalue weighted by Gasteiger charge is -2.43. The smallest absolute Gasteiger partial charge is 0.0601 e. The van der Waals surface area contributed by atoms with E-state index in [0.29, 0.717) is 6.04 Å². The first-order valence-corrected chi connectivity index (χ1v) is 11.2. The first-order chi connectivity index (χ1) is 13.3. The Hall–Kier alpha value is -1.60. The van der Waals surface area contributed by atoms with Crippen LogP contribution in [-0.2, 0) is 10.8 Å². The maximum absolute atomic E-state index is 2.72. The lowest BCUT2D eigenvalue weighted by molar-refractivity contribution is 0.187. The number of aryl methyl sites for hydroxylation is 1. The Morgan fingerprint density at radius 2 is 1.29 bits per heavy atom. The van der Waals surface area contributed by atoms with Crippen molar-refractivity contribution in [3.8, 4) is 0 Å². The Balaban J connectivity index is 1.81. The van der Waals surface area contributed by atoms with Crippen molar-refractivity contribution in [2.45, 2.75) is 83.6 Å². The van der Waals surface area contributed by atoms with Gasteiger partial charge in [-0.15, -0.1) is 0 Å². The molecular formula is C27H37N. The van der Waals surface area contributed by atoms with Crippen LogP contribution in [0.3, 0.4) is 0 Å². The van der Waals surface area contributed by atoms with E-state index >= 15 is 0 Å². The van der Waals surface area contributed by atoms with Crippen LogP contribution in [0.4, 0.5) is 0 Å². The van der Waals surface area contributed by atoms with Gasteiger partial charge in [0.1, 0.15) is 0 Å². The third-order valence-electron chi connectivity index (χ3n) is 7.34. The minimum atomic E-state index is 0.264. The van der Waals surface area contributed by atoms with Crippen molar-refractivity contribution in [2.75, 3.05) is 13.1 Å². The van der Waals surface area contributed by atoms with E-state index in [-0.39, 0.29) is 10.8 Å². The molecule has 0 radical (unpaired) electrons. The third-order valence-corrected chi connectivity index (χ3v) is 7.34. The summed E-state index contributed by atoms with van der Waals surface area (Å²) >= 11 is 0. The van der Waals surface area contributed by atoms with Crippen LogP contribution in [0.2, 0.25) is 0 Å². The second kappa shape index (κ2) is 7.34. The van der Waals surface area contributed by atoms with Gasteiger partial charge in [-0.25, -0.2) is 0 Å². The number of hydrogen-bond donors (Lipinski definition) is 0. The zero-order valence-electron chi connectivity index (χ0n) is 18.5. The molecule has 1 atom stereocenters. The zero-order chi connectivity index (χ0) is 19.9. The second-order valence-electron chi connectivity index (χ2n) is 10.5. The fourth-order valence-electron chi connectivity index (χ4n) is 5.32. The molecule has 0 saturated carbocycles. The minimum absolute atomic E-state index is 0.264. The van der Waals surface area contributed by atoms with Crippen molar-refractivity contribution >= 4 is 0 Å². The summed E-state index contributed by atoms with van der Waals surface area (Å²) in [5.41, 5.74) is 7.96. The van der Waals surface area contributed by atoms with Gasteiger partial charge >= 0.3 is 0 Å². The molecule has 0 N–H and O–H groups in total. The van der Waals surface area contributed by atoms with Crippen LogP contribution in [0.25, 0.3) is 0 Å². The number of likely N-dealkylation sites (tertiary alicyclic amines) is 1. The number of fused-ring (bicyclic) bond motifs is 1. The highest BCUT2D eigenvalue weighted by Gasteiger charge is 2.37. The van der Waals surface area contributed by atoms with E-state index in [0.717, 1.165) is 0 Å². The molecule has 1 aliphatic heterocycles. The molecule has 1 heterocycles. The molecule has 1 saturated heterocycles. The number of benzene rings is 2. The van der Waals surface area contributed by atoms with Crippen LogP contribution in [-0.4, -0.2) is 18.0 Å². The van der Waals surface area contributed by atoms with Crippen LogP contribution < -0.4 is 0 Å². The maximum atomic E-state index is 2.72. The fraction of sp³-hybridized carbons (Fsp3) is 0.556. The van der Waals surface area contributed by atoms with E-state index in [1.54, 1.807) is 11.1 Å². The normalized spacial score (nSPS) is 22.5. The van der Waals surface area contributed by atoms with E-state index in [9.17, 15) is 0 Å². The Kier molecular flexibility index (Phi) is 5.16. The van der Waals surface area contributed by atoms with Crippen molar-refractivity contribution in [1.82, 2.24) is 4.90 Å². The first-order valence-electron chi connectivity index (χ1n) is 11.2. The summed E-state index contributed by atoms with van der Waals surface area (Å²) in [7, 11) is 0. The van der Waals surface area contributed by atoms with Crippen LogP contribution in [0.1, 0.15) is 93.7 Å². The number of piperidine rings is 1. The molecule has 2 aromatic rings. The van der Waals surface area contributed by atoms with E-state index in [4.69, 9.17) is 0 Å². The molecule has 4 rings (SSSR count). The Labute approximate surface area is 172 Å². The Morgan fingerprint density at radius 1 is 0.714 bits per heavy atom. The summed E-state index contributed by atoms with van der Waals surface area (Å²) in [5.74, 6) is 0. The van der Waals surface area contributed by atoms with Gasteiger partial charge in [0.15, 0.2) is 0 Å². The highest BCUT2D eigenvalue weighted by Crippen LogP contribution is 2.47. The van der Waals surface area contributed by atoms with Gasteiger partial charge in [-0.05, 0) is 78.8 Å². The molecule has 1 nitrogen and oxygen atoms in total. The van der Waals surface area contributed by atoms with Crippen LogP contribution >= 0.6 is 0 Å². The molecule has 0 aromatic heterocycles. The van der Waals surface area contributed by atoms with Crippen LogP contribution in [0.15, 0.2) is 42.5 Å². The van der Waals surface area contributed by atoms with E-state index < -0.39 is 0 Å². The second-order valence-corrected chi connectivity index (χ2v) is 10.5. The standard InChI is InChI=1S/C27H37N/c1-20-9-11-21(12-10-20)25(28-17-7-6-8-18-28)22-13-14-23-24(19-22)27(4,5)16-15-26(23,2)3/h9-14,19,25H,6-8,15-18H2,1-5H3. The van der Waals surface area contributed by atoms with Crippen molar-refractivity contribution in [2.24, 2.45) is 0 Å². The molecule has 1 aliphatic carbocycles. The van der Waals surface area contributed by atoms with Crippen LogP contribution in [0.5, 0.6) is 0 Å². The van der Waals surface area contributed by atoms with Crippen molar-refractivity contribution in [1.29, 1.82) is 0 Å². The lowest BCUT2D eigenvalue weighted by Crippen LogP contribution is -2.36. The Morgan fingerprint density at radius 3 is 1.93 bits per heavy atom. The molecule has 1 unspecified atom stereocenters. The third kappa shape index (κ3) is 3.66. The first kappa shape index (κ1) is 19.7. The van der Waals surface area contributed by atoms with E-state index in [2.05, 4.69) is 82.0 Å². The zero-order valence-corrected chi connectivity index (χ0v) is 18.5. The molecule has 2 aliphatic rings. The summed E-state index contributed by atoms with van der Waals surface area (Å²) < 4.78 is 0. The summed E-state index contributed by atoms with van der Waals surface area (Å²) in [6.45, 7) is 14.3. The average Bonchev–Trinajstić information content (AvgIpc) is 2.68. The molecular weight excluding hydrogens is 338 g/mol. The summed E-state index contributed by atoms with van der Waals surface area (Å²) in [6, 6.07) is 17.1. The number of rotatable bonds is 3. The molecule has 0 spiro atoms. The van der Waals surface area contributed by atoms with Gasteiger partial charge in [0.25, 0.3) is 0 Å². The Bertz CT molecular complexity index is 822. The predicted octanol–water partition coefficient (Wildman–Crippen LogP) is 6.92. The summed E-state index contributed by atoms with van der Waals surface area (Å²) in [6.07, 6.45) is 6.58. The van der Waals surface area contributed by atoms with Gasteiger partial charge in [-0.2, -0.15) is 0 Å². The van der Waals surface area contributed by atoms with Crippen molar-refractivity contribution in [3.05, 3.63) is 70.3 Å². The maximum Gasteiger partial charge on any atom is 0.0601 e. The average molecular weight is 376 g/mol. The molecule has 2 aromatic carbocycles. The van der Waals surface area contributed by atoms with Gasteiger partial charge in [0.2, 0.25) is 0 Å². The highest BCUT2D eigenvalue weighted by atomic mass is 15.2. The lowest BCUT2D eigenvalue weighted by atomic mass is 9.63. The van der Waals surface area contributed by atoms with E-state index in [1.807, 2.05) is 0 Å². The molecule has 150 valence electrons. The summed E-state index contributed by atoms with van der Waals surface area (Å²) in [4.78, 5) is 2.72. The van der Waals surface area contributed by atoms with Gasteiger partial charge in [0, 0.05) is 0 Å². The van der Waals surface area contributed by atoms with Crippen molar-refractivity contribution in [3.63, 3.8) is 0 Å². The predicted molar refractivity (Wildman–Crippen MR) is 120 cm³/mol. The van der Waals surface area contributed by atoms with Gasteiger partial charge in [0.05, 0.1) is 6.04 Å². The largest absolute Gasteiger partial charge is 0.292 e. The fourth-order valence-corrected chi connectivity index (χ4v) is 5.32. The molecule has 0 amide bonds.